The summed E-state index contributed by atoms with van der Waals surface area (Å²) in [5.41, 5.74) is 0.529. The Morgan fingerprint density at radius 1 is 1.30 bits per heavy atom. The van der Waals surface area contributed by atoms with Crippen LogP contribution < -0.4 is 4.74 Å². The second kappa shape index (κ2) is 7.06. The monoisotopic (exact) mass is 332 g/mol. The van der Waals surface area contributed by atoms with Crippen molar-refractivity contribution in [1.82, 2.24) is 19.8 Å². The summed E-state index contributed by atoms with van der Waals surface area (Å²) in [6.07, 6.45) is 3.57. The van der Waals surface area contributed by atoms with Crippen molar-refractivity contribution in [2.24, 2.45) is 0 Å². The number of nitrogens with zero attached hydrogens (tertiary/aromatic N) is 4. The largest absolute Gasteiger partial charge is 0.480 e. The van der Waals surface area contributed by atoms with Gasteiger partial charge >= 0.3 is 0 Å². The first-order chi connectivity index (χ1) is 11.2. The third-order valence-electron chi connectivity index (χ3n) is 3.90. The highest BCUT2D eigenvalue weighted by Gasteiger charge is 2.24. The number of hydrogen-bond donors (Lipinski definition) is 0. The Morgan fingerprint density at radius 2 is 2.09 bits per heavy atom. The van der Waals surface area contributed by atoms with Crippen LogP contribution in [0.15, 0.2) is 24.5 Å². The summed E-state index contributed by atoms with van der Waals surface area (Å²) in [4.78, 5) is 26.5. The molecular weight excluding hydrogens is 312 g/mol. The molecule has 3 rings (SSSR count). The number of piperazine rings is 1. The maximum absolute atomic E-state index is 12.6. The number of thiazole rings is 1. The van der Waals surface area contributed by atoms with Gasteiger partial charge in [-0.2, -0.15) is 0 Å². The Balaban J connectivity index is 1.59. The molecule has 0 N–H and O–H groups in total. The van der Waals surface area contributed by atoms with E-state index in [0.29, 0.717) is 24.5 Å². The Bertz CT molecular complexity index is 680. The van der Waals surface area contributed by atoms with E-state index in [1.807, 2.05) is 18.0 Å². The lowest BCUT2D eigenvalue weighted by Gasteiger charge is -2.34. The summed E-state index contributed by atoms with van der Waals surface area (Å²) in [5, 5.41) is 1.09. The van der Waals surface area contributed by atoms with Crippen molar-refractivity contribution in [3.8, 4) is 5.88 Å². The van der Waals surface area contributed by atoms with E-state index < -0.39 is 0 Å². The molecule has 122 valence electrons. The maximum Gasteiger partial charge on any atom is 0.259 e. The summed E-state index contributed by atoms with van der Waals surface area (Å²) < 4.78 is 5.19. The first kappa shape index (κ1) is 15.9. The number of aromatic nitrogens is 2. The molecule has 3 heterocycles. The molecular formula is C16H20N4O2S. The van der Waals surface area contributed by atoms with Crippen LogP contribution in [0.4, 0.5) is 0 Å². The number of amides is 1. The molecule has 0 radical (unpaired) electrons. The lowest BCUT2D eigenvalue weighted by Crippen LogP contribution is -2.48. The van der Waals surface area contributed by atoms with Crippen molar-refractivity contribution in [2.75, 3.05) is 33.3 Å². The van der Waals surface area contributed by atoms with Gasteiger partial charge in [-0.15, -0.1) is 11.3 Å². The average molecular weight is 332 g/mol. The van der Waals surface area contributed by atoms with Gasteiger partial charge in [0.05, 0.1) is 12.1 Å². The van der Waals surface area contributed by atoms with Gasteiger partial charge < -0.3 is 9.64 Å². The second-order valence-corrected chi connectivity index (χ2v) is 6.79. The summed E-state index contributed by atoms with van der Waals surface area (Å²) in [7, 11) is 1.54. The molecule has 0 spiro atoms. The van der Waals surface area contributed by atoms with Crippen molar-refractivity contribution >= 4 is 17.2 Å². The van der Waals surface area contributed by atoms with Crippen molar-refractivity contribution in [3.63, 3.8) is 0 Å². The second-order valence-electron chi connectivity index (χ2n) is 5.47. The minimum Gasteiger partial charge on any atom is -0.480 e. The van der Waals surface area contributed by atoms with Crippen LogP contribution in [-0.2, 0) is 6.54 Å². The molecule has 7 heteroatoms. The van der Waals surface area contributed by atoms with E-state index in [4.69, 9.17) is 4.74 Å². The topological polar surface area (TPSA) is 58.6 Å². The minimum absolute atomic E-state index is 0.0109. The smallest absolute Gasteiger partial charge is 0.259 e. The van der Waals surface area contributed by atoms with Gasteiger partial charge in [-0.05, 0) is 19.1 Å². The predicted octanol–water partition coefficient (Wildman–Crippen LogP) is 1.81. The van der Waals surface area contributed by atoms with Crippen LogP contribution in [-0.4, -0.2) is 59.0 Å². The van der Waals surface area contributed by atoms with Gasteiger partial charge in [0.1, 0.15) is 5.56 Å². The van der Waals surface area contributed by atoms with Crippen LogP contribution in [0, 0.1) is 6.92 Å². The number of carbonyl (C=O) groups is 1. The van der Waals surface area contributed by atoms with Crippen LogP contribution >= 0.6 is 11.3 Å². The molecule has 0 bridgehead atoms. The van der Waals surface area contributed by atoms with Crippen molar-refractivity contribution in [3.05, 3.63) is 40.0 Å². The zero-order valence-corrected chi connectivity index (χ0v) is 14.2. The number of aryl methyl sites for hydroxylation is 1. The molecule has 6 nitrogen and oxygen atoms in total. The third kappa shape index (κ3) is 3.68. The van der Waals surface area contributed by atoms with Gasteiger partial charge in [0.15, 0.2) is 0 Å². The first-order valence-electron chi connectivity index (χ1n) is 7.59. The molecule has 1 fully saturated rings. The molecule has 2 aromatic rings. The molecule has 1 aliphatic heterocycles. The molecule has 1 saturated heterocycles. The highest BCUT2D eigenvalue weighted by molar-refractivity contribution is 7.11. The van der Waals surface area contributed by atoms with Crippen molar-refractivity contribution < 1.29 is 9.53 Å². The van der Waals surface area contributed by atoms with E-state index in [1.54, 1.807) is 29.7 Å². The molecule has 0 aliphatic carbocycles. The number of pyridine rings is 1. The standard InChI is InChI=1S/C16H20N4O2S/c1-12-18-10-13(23-12)11-19-6-8-20(9-7-19)16(21)14-4-3-5-17-15(14)22-2/h3-5,10H,6-9,11H2,1-2H3. The number of carbonyl (C=O) groups excluding carboxylic acids is 1. The van der Waals surface area contributed by atoms with Crippen LogP contribution in [0.5, 0.6) is 5.88 Å². The van der Waals surface area contributed by atoms with E-state index >= 15 is 0 Å². The van der Waals surface area contributed by atoms with Gasteiger partial charge in [0, 0.05) is 50.0 Å². The quantitative estimate of drug-likeness (QED) is 0.855. The van der Waals surface area contributed by atoms with Crippen LogP contribution in [0.25, 0.3) is 0 Å². The van der Waals surface area contributed by atoms with Gasteiger partial charge in [-0.25, -0.2) is 9.97 Å². The minimum atomic E-state index is -0.0109. The molecule has 1 aliphatic rings. The van der Waals surface area contributed by atoms with Crippen LogP contribution in [0.3, 0.4) is 0 Å². The molecule has 1 amide bonds. The Morgan fingerprint density at radius 3 is 2.74 bits per heavy atom. The number of methoxy groups -OCH3 is 1. The zero-order valence-electron chi connectivity index (χ0n) is 13.4. The number of rotatable bonds is 4. The summed E-state index contributed by atoms with van der Waals surface area (Å²) >= 11 is 1.73. The van der Waals surface area contributed by atoms with E-state index in [0.717, 1.165) is 24.6 Å². The van der Waals surface area contributed by atoms with E-state index in [9.17, 15) is 4.79 Å². The first-order valence-corrected chi connectivity index (χ1v) is 8.41. The normalized spacial score (nSPS) is 15.7. The van der Waals surface area contributed by atoms with Crippen LogP contribution in [0.1, 0.15) is 20.2 Å². The lowest BCUT2D eigenvalue weighted by molar-refractivity contribution is 0.0625. The summed E-state index contributed by atoms with van der Waals surface area (Å²) in [5.74, 6) is 0.378. The summed E-state index contributed by atoms with van der Waals surface area (Å²) in [6, 6.07) is 3.53. The Kier molecular flexibility index (Phi) is 4.88. The van der Waals surface area contributed by atoms with Gasteiger partial charge in [0.2, 0.25) is 5.88 Å². The van der Waals surface area contributed by atoms with E-state index in [1.165, 1.54) is 12.0 Å². The van der Waals surface area contributed by atoms with E-state index in [2.05, 4.69) is 14.9 Å². The highest BCUT2D eigenvalue weighted by Crippen LogP contribution is 2.19. The predicted molar refractivity (Wildman–Crippen MR) is 88.8 cm³/mol. The Labute approximate surface area is 139 Å². The fraction of sp³-hybridized carbons (Fsp3) is 0.438. The average Bonchev–Trinajstić information content (AvgIpc) is 3.00. The van der Waals surface area contributed by atoms with Gasteiger partial charge in [-0.1, -0.05) is 0 Å². The van der Waals surface area contributed by atoms with E-state index in [-0.39, 0.29) is 5.91 Å². The summed E-state index contributed by atoms with van der Waals surface area (Å²) in [6.45, 7) is 6.09. The fourth-order valence-electron chi connectivity index (χ4n) is 2.69. The van der Waals surface area contributed by atoms with Crippen LogP contribution in [0.2, 0.25) is 0 Å². The maximum atomic E-state index is 12.6. The molecule has 0 aromatic carbocycles. The SMILES string of the molecule is COc1ncccc1C(=O)N1CCN(Cc2cnc(C)s2)CC1. The van der Waals surface area contributed by atoms with Crippen molar-refractivity contribution in [2.45, 2.75) is 13.5 Å². The molecule has 2 aromatic heterocycles. The Hall–Kier alpha value is -1.99. The molecule has 0 atom stereocenters. The lowest BCUT2D eigenvalue weighted by atomic mass is 10.2. The number of ether oxygens (including phenoxy) is 1. The third-order valence-corrected chi connectivity index (χ3v) is 4.80. The molecule has 23 heavy (non-hydrogen) atoms. The molecule has 0 unspecified atom stereocenters. The van der Waals surface area contributed by atoms with Gasteiger partial charge in [-0.3, -0.25) is 9.69 Å². The molecule has 0 saturated carbocycles. The fourth-order valence-corrected chi connectivity index (χ4v) is 3.53. The van der Waals surface area contributed by atoms with Crippen molar-refractivity contribution in [1.29, 1.82) is 0 Å². The van der Waals surface area contributed by atoms with Gasteiger partial charge in [0.25, 0.3) is 5.91 Å². The highest BCUT2D eigenvalue weighted by atomic mass is 32.1. The zero-order chi connectivity index (χ0) is 16.2. The number of hydrogen-bond acceptors (Lipinski definition) is 6.